The summed E-state index contributed by atoms with van der Waals surface area (Å²) in [6.07, 6.45) is 1.30. The van der Waals surface area contributed by atoms with Crippen molar-refractivity contribution in [1.29, 1.82) is 0 Å². The molecule has 0 radical (unpaired) electrons. The first-order chi connectivity index (χ1) is 10.8. The zero-order valence-corrected chi connectivity index (χ0v) is 14.0. The zero-order valence-electron chi connectivity index (χ0n) is 13.2. The maximum Gasteiger partial charge on any atom is 0.250 e. The number of hydrogen-bond donors (Lipinski definition) is 0. The highest BCUT2D eigenvalue weighted by Gasteiger charge is 2.29. The molecule has 7 heteroatoms. The van der Waals surface area contributed by atoms with Gasteiger partial charge in [0.1, 0.15) is 5.82 Å². The van der Waals surface area contributed by atoms with Gasteiger partial charge in [0.25, 0.3) is 0 Å². The van der Waals surface area contributed by atoms with Gasteiger partial charge in [-0.1, -0.05) is 19.1 Å². The second kappa shape index (κ2) is 6.64. The smallest absolute Gasteiger partial charge is 0.250 e. The molecule has 1 heterocycles. The molecule has 2 aromatic rings. The summed E-state index contributed by atoms with van der Waals surface area (Å²) in [6.45, 7) is 3.74. The van der Waals surface area contributed by atoms with E-state index in [4.69, 9.17) is 0 Å². The number of halogens is 1. The molecule has 0 aliphatic rings. The van der Waals surface area contributed by atoms with E-state index in [1.54, 1.807) is 26.0 Å². The second-order valence-electron chi connectivity index (χ2n) is 5.25. The molecule has 0 aliphatic carbocycles. The van der Waals surface area contributed by atoms with E-state index in [1.165, 1.54) is 46.4 Å². The van der Waals surface area contributed by atoms with Crippen molar-refractivity contribution in [3.8, 4) is 0 Å². The van der Waals surface area contributed by atoms with Crippen LogP contribution in [0.15, 0.2) is 52.3 Å². The van der Waals surface area contributed by atoms with Crippen LogP contribution in [0.4, 0.5) is 4.39 Å². The number of sulfonamides is 1. The Balaban J connectivity index is 2.43. The lowest BCUT2D eigenvalue weighted by Crippen LogP contribution is -2.34. The fourth-order valence-electron chi connectivity index (χ4n) is 2.42. The van der Waals surface area contributed by atoms with Gasteiger partial charge in [0, 0.05) is 31.9 Å². The normalized spacial score (nSPS) is 13.3. The third kappa shape index (κ3) is 3.51. The molecule has 0 N–H and O–H groups in total. The van der Waals surface area contributed by atoms with Crippen LogP contribution in [-0.2, 0) is 17.1 Å². The lowest BCUT2D eigenvalue weighted by molar-refractivity contribution is 0.356. The van der Waals surface area contributed by atoms with E-state index in [9.17, 15) is 17.6 Å². The van der Waals surface area contributed by atoms with Crippen LogP contribution in [0.5, 0.6) is 0 Å². The fraction of sp³-hybridized carbons (Fsp3) is 0.312. The summed E-state index contributed by atoms with van der Waals surface area (Å²) in [5.41, 5.74) is 0.417. The van der Waals surface area contributed by atoms with Crippen molar-refractivity contribution in [2.24, 2.45) is 7.05 Å². The largest absolute Gasteiger partial charge is 0.317 e. The van der Waals surface area contributed by atoms with Gasteiger partial charge in [-0.25, -0.2) is 12.8 Å². The van der Waals surface area contributed by atoms with Gasteiger partial charge in [0.15, 0.2) is 0 Å². The summed E-state index contributed by atoms with van der Waals surface area (Å²) in [5, 5.41) is 0. The Hall–Kier alpha value is -1.99. The molecular formula is C16H19FN2O3S. The molecule has 1 aromatic carbocycles. The Morgan fingerprint density at radius 2 is 1.78 bits per heavy atom. The number of aromatic nitrogens is 1. The minimum Gasteiger partial charge on any atom is -0.317 e. The molecule has 0 bridgehead atoms. The van der Waals surface area contributed by atoms with Gasteiger partial charge in [0.2, 0.25) is 15.6 Å². The monoisotopic (exact) mass is 338 g/mol. The molecule has 0 unspecified atom stereocenters. The molecule has 2 rings (SSSR count). The van der Waals surface area contributed by atoms with Crippen molar-refractivity contribution in [3.63, 3.8) is 0 Å². The Morgan fingerprint density at radius 1 is 1.17 bits per heavy atom. The zero-order chi connectivity index (χ0) is 17.2. The number of benzene rings is 1. The van der Waals surface area contributed by atoms with E-state index in [1.807, 2.05) is 0 Å². The Morgan fingerprint density at radius 3 is 2.30 bits per heavy atom. The lowest BCUT2D eigenvalue weighted by atomic mass is 10.1. The van der Waals surface area contributed by atoms with Crippen molar-refractivity contribution in [1.82, 2.24) is 8.87 Å². The Bertz CT molecular complexity index is 844. The maximum atomic E-state index is 13.1. The van der Waals surface area contributed by atoms with Crippen LogP contribution in [0, 0.1) is 5.82 Å². The average molecular weight is 338 g/mol. The first-order valence-corrected chi connectivity index (χ1v) is 8.65. The number of hydrogen-bond acceptors (Lipinski definition) is 3. The van der Waals surface area contributed by atoms with E-state index in [-0.39, 0.29) is 22.8 Å². The Kier molecular flexibility index (Phi) is 5.01. The van der Waals surface area contributed by atoms with Gasteiger partial charge in [-0.05, 0) is 30.7 Å². The summed E-state index contributed by atoms with van der Waals surface area (Å²) in [7, 11) is -2.27. The summed E-state index contributed by atoms with van der Waals surface area (Å²) >= 11 is 0. The van der Waals surface area contributed by atoms with E-state index in [0.717, 1.165) is 0 Å². The van der Waals surface area contributed by atoms with Gasteiger partial charge in [-0.15, -0.1) is 0 Å². The van der Waals surface area contributed by atoms with Gasteiger partial charge in [-0.3, -0.25) is 4.79 Å². The molecule has 0 saturated carbocycles. The summed E-state index contributed by atoms with van der Waals surface area (Å²) < 4.78 is 41.3. The van der Waals surface area contributed by atoms with Crippen molar-refractivity contribution < 1.29 is 12.8 Å². The molecule has 23 heavy (non-hydrogen) atoms. The molecule has 0 spiro atoms. The lowest BCUT2D eigenvalue weighted by Gasteiger charge is -2.27. The minimum absolute atomic E-state index is 0.0513. The fourth-order valence-corrected chi connectivity index (χ4v) is 4.10. The van der Waals surface area contributed by atoms with Gasteiger partial charge < -0.3 is 4.57 Å². The van der Waals surface area contributed by atoms with E-state index in [2.05, 4.69) is 0 Å². The third-order valence-corrected chi connectivity index (χ3v) is 5.79. The number of rotatable bonds is 5. The highest BCUT2D eigenvalue weighted by atomic mass is 32.2. The first kappa shape index (κ1) is 17.4. The summed E-state index contributed by atoms with van der Waals surface area (Å²) in [5.74, 6) is -0.370. The average Bonchev–Trinajstić information content (AvgIpc) is 2.51. The molecule has 0 aliphatic heterocycles. The Labute approximate surface area is 135 Å². The van der Waals surface area contributed by atoms with Gasteiger partial charge in [-0.2, -0.15) is 4.31 Å². The molecule has 124 valence electrons. The van der Waals surface area contributed by atoms with Crippen LogP contribution >= 0.6 is 0 Å². The molecule has 0 saturated heterocycles. The standard InChI is InChI=1S/C16H19FN2O3S/c1-4-19(12(2)13-5-7-14(17)8-6-13)23(21,22)15-9-10-16(20)18(3)11-15/h5-12H,4H2,1-3H3/t12-/m1/s1. The van der Waals surface area contributed by atoms with Crippen molar-refractivity contribution in [3.05, 3.63) is 64.3 Å². The topological polar surface area (TPSA) is 59.4 Å². The number of pyridine rings is 1. The number of nitrogens with zero attached hydrogens (tertiary/aromatic N) is 2. The third-order valence-electron chi connectivity index (χ3n) is 3.76. The van der Waals surface area contributed by atoms with Crippen LogP contribution < -0.4 is 5.56 Å². The second-order valence-corrected chi connectivity index (χ2v) is 7.14. The quantitative estimate of drug-likeness (QED) is 0.840. The highest BCUT2D eigenvalue weighted by molar-refractivity contribution is 7.89. The predicted octanol–water partition coefficient (Wildman–Crippen LogP) is 2.30. The first-order valence-electron chi connectivity index (χ1n) is 7.21. The van der Waals surface area contributed by atoms with Crippen LogP contribution in [-0.4, -0.2) is 23.8 Å². The molecular weight excluding hydrogens is 319 g/mol. The summed E-state index contributed by atoms with van der Waals surface area (Å²) in [6, 6.07) is 7.82. The molecule has 1 aromatic heterocycles. The van der Waals surface area contributed by atoms with Crippen LogP contribution in [0.25, 0.3) is 0 Å². The van der Waals surface area contributed by atoms with Crippen molar-refractivity contribution >= 4 is 10.0 Å². The molecule has 0 amide bonds. The van der Waals surface area contributed by atoms with Gasteiger partial charge in [0.05, 0.1) is 4.90 Å². The van der Waals surface area contributed by atoms with Crippen LogP contribution in [0.1, 0.15) is 25.5 Å². The predicted molar refractivity (Wildman–Crippen MR) is 86.1 cm³/mol. The highest BCUT2D eigenvalue weighted by Crippen LogP contribution is 2.26. The minimum atomic E-state index is -3.77. The van der Waals surface area contributed by atoms with Crippen molar-refractivity contribution in [2.75, 3.05) is 6.54 Å². The molecule has 5 nitrogen and oxygen atoms in total. The molecule has 0 fully saturated rings. The molecule has 1 atom stereocenters. The maximum absolute atomic E-state index is 13.1. The van der Waals surface area contributed by atoms with Crippen LogP contribution in [0.2, 0.25) is 0 Å². The van der Waals surface area contributed by atoms with Crippen LogP contribution in [0.3, 0.4) is 0 Å². The van der Waals surface area contributed by atoms with E-state index >= 15 is 0 Å². The van der Waals surface area contributed by atoms with E-state index in [0.29, 0.717) is 5.56 Å². The van der Waals surface area contributed by atoms with Gasteiger partial charge >= 0.3 is 0 Å². The van der Waals surface area contributed by atoms with Crippen molar-refractivity contribution in [2.45, 2.75) is 24.8 Å². The number of aryl methyl sites for hydroxylation is 1. The van der Waals surface area contributed by atoms with E-state index < -0.39 is 16.1 Å². The summed E-state index contributed by atoms with van der Waals surface area (Å²) in [4.78, 5) is 11.5. The SMILES string of the molecule is CCN([C@H](C)c1ccc(F)cc1)S(=O)(=O)c1ccc(=O)n(C)c1.